The molecule has 114 valence electrons. The van der Waals surface area contributed by atoms with E-state index < -0.39 is 11.0 Å². The fourth-order valence-electron chi connectivity index (χ4n) is 2.63. The number of nitro groups is 1. The molecular formula is C13H19N5O3. The van der Waals surface area contributed by atoms with Crippen molar-refractivity contribution in [1.82, 2.24) is 10.3 Å². The molecule has 2 heterocycles. The Balaban J connectivity index is 2.18. The zero-order valence-corrected chi connectivity index (χ0v) is 11.9. The average Bonchev–Trinajstić information content (AvgIpc) is 2.45. The molecule has 1 aromatic rings. The predicted molar refractivity (Wildman–Crippen MR) is 78.2 cm³/mol. The van der Waals surface area contributed by atoms with Gasteiger partial charge in [-0.05, 0) is 32.3 Å². The Bertz CT molecular complexity index is 549. The van der Waals surface area contributed by atoms with Gasteiger partial charge in [0.1, 0.15) is 11.5 Å². The number of nitrogens with one attached hydrogen (secondary N) is 1. The van der Waals surface area contributed by atoms with E-state index in [1.54, 1.807) is 13.0 Å². The molecule has 8 heteroatoms. The molecule has 0 bridgehead atoms. The second-order valence-corrected chi connectivity index (χ2v) is 5.12. The Morgan fingerprint density at radius 1 is 1.57 bits per heavy atom. The predicted octanol–water partition coefficient (Wildman–Crippen LogP) is 1.33. The molecule has 2 amide bonds. The topological polar surface area (TPSA) is 114 Å². The number of rotatable bonds is 4. The van der Waals surface area contributed by atoms with Crippen LogP contribution in [-0.4, -0.2) is 35.1 Å². The van der Waals surface area contributed by atoms with Gasteiger partial charge in [-0.3, -0.25) is 10.1 Å². The van der Waals surface area contributed by atoms with Crippen molar-refractivity contribution in [3.8, 4) is 0 Å². The normalized spacial score (nSPS) is 18.3. The van der Waals surface area contributed by atoms with Crippen molar-refractivity contribution in [2.75, 3.05) is 18.0 Å². The number of hydrogen-bond acceptors (Lipinski definition) is 5. The standard InChI is InChI=1S/C13H19N5O3/c1-9-11(18(20)21)5-6-12(16-9)17-7-3-2-4-10(17)8-15-13(14)19/h5-6,10H,2-4,7-8H2,1H3,(H3,14,15,19). The van der Waals surface area contributed by atoms with Crippen molar-refractivity contribution in [1.29, 1.82) is 0 Å². The summed E-state index contributed by atoms with van der Waals surface area (Å²) in [6.45, 7) is 2.89. The molecule has 1 unspecified atom stereocenters. The van der Waals surface area contributed by atoms with E-state index in [0.29, 0.717) is 18.1 Å². The number of nitrogens with two attached hydrogens (primary N) is 1. The van der Waals surface area contributed by atoms with Crippen LogP contribution in [0.15, 0.2) is 12.1 Å². The molecule has 1 aliphatic heterocycles. The summed E-state index contributed by atoms with van der Waals surface area (Å²) in [5, 5.41) is 13.5. The maximum atomic E-state index is 10.9. The number of pyridine rings is 1. The molecular weight excluding hydrogens is 274 g/mol. The summed E-state index contributed by atoms with van der Waals surface area (Å²) >= 11 is 0. The zero-order valence-electron chi connectivity index (χ0n) is 11.9. The van der Waals surface area contributed by atoms with Gasteiger partial charge in [-0.15, -0.1) is 0 Å². The van der Waals surface area contributed by atoms with Crippen LogP contribution in [0.5, 0.6) is 0 Å². The van der Waals surface area contributed by atoms with Crippen LogP contribution >= 0.6 is 0 Å². The smallest absolute Gasteiger partial charge is 0.312 e. The van der Waals surface area contributed by atoms with Crippen molar-refractivity contribution >= 4 is 17.5 Å². The maximum Gasteiger partial charge on any atom is 0.312 e. The minimum Gasteiger partial charge on any atom is -0.352 e. The molecule has 0 radical (unpaired) electrons. The summed E-state index contributed by atoms with van der Waals surface area (Å²) in [7, 11) is 0. The van der Waals surface area contributed by atoms with Crippen LogP contribution in [0.2, 0.25) is 0 Å². The molecule has 0 spiro atoms. The number of aromatic nitrogens is 1. The van der Waals surface area contributed by atoms with Crippen molar-refractivity contribution in [2.45, 2.75) is 32.2 Å². The first kappa shape index (κ1) is 15.0. The molecule has 21 heavy (non-hydrogen) atoms. The van der Waals surface area contributed by atoms with Crippen LogP contribution in [0.3, 0.4) is 0 Å². The van der Waals surface area contributed by atoms with E-state index in [2.05, 4.69) is 15.2 Å². The van der Waals surface area contributed by atoms with Gasteiger partial charge in [-0.2, -0.15) is 0 Å². The fourth-order valence-corrected chi connectivity index (χ4v) is 2.63. The van der Waals surface area contributed by atoms with E-state index in [9.17, 15) is 14.9 Å². The maximum absolute atomic E-state index is 10.9. The van der Waals surface area contributed by atoms with Gasteiger partial charge >= 0.3 is 6.03 Å². The second kappa shape index (κ2) is 6.38. The summed E-state index contributed by atoms with van der Waals surface area (Å²) in [6.07, 6.45) is 3.04. The first-order chi connectivity index (χ1) is 9.99. The van der Waals surface area contributed by atoms with Crippen molar-refractivity contribution in [2.24, 2.45) is 5.73 Å². The molecule has 2 rings (SSSR count). The first-order valence-corrected chi connectivity index (χ1v) is 6.91. The quantitative estimate of drug-likeness (QED) is 0.642. The fraction of sp³-hybridized carbons (Fsp3) is 0.538. The number of carbonyl (C=O) groups is 1. The highest BCUT2D eigenvalue weighted by molar-refractivity contribution is 5.71. The van der Waals surface area contributed by atoms with E-state index in [1.165, 1.54) is 6.07 Å². The van der Waals surface area contributed by atoms with E-state index in [0.717, 1.165) is 25.8 Å². The van der Waals surface area contributed by atoms with Crippen LogP contribution < -0.4 is 16.0 Å². The second-order valence-electron chi connectivity index (χ2n) is 5.12. The number of urea groups is 1. The lowest BCUT2D eigenvalue weighted by Crippen LogP contribution is -2.48. The molecule has 0 aromatic carbocycles. The SMILES string of the molecule is Cc1nc(N2CCCCC2CNC(N)=O)ccc1[N+](=O)[O-]. The van der Waals surface area contributed by atoms with Crippen LogP contribution in [0.25, 0.3) is 0 Å². The number of nitrogens with zero attached hydrogens (tertiary/aromatic N) is 3. The molecule has 1 aliphatic rings. The van der Waals surface area contributed by atoms with Gasteiger partial charge in [0, 0.05) is 25.2 Å². The lowest BCUT2D eigenvalue weighted by Gasteiger charge is -2.36. The van der Waals surface area contributed by atoms with Crippen LogP contribution in [-0.2, 0) is 0 Å². The number of carbonyl (C=O) groups excluding carboxylic acids is 1. The van der Waals surface area contributed by atoms with Crippen molar-refractivity contribution < 1.29 is 9.72 Å². The third-order valence-electron chi connectivity index (χ3n) is 3.67. The highest BCUT2D eigenvalue weighted by atomic mass is 16.6. The van der Waals surface area contributed by atoms with Gasteiger partial charge in [0.15, 0.2) is 0 Å². The summed E-state index contributed by atoms with van der Waals surface area (Å²) in [5.41, 5.74) is 5.52. The molecule has 1 aromatic heterocycles. The Labute approximate surface area is 122 Å². The summed E-state index contributed by atoms with van der Waals surface area (Å²) < 4.78 is 0. The lowest BCUT2D eigenvalue weighted by molar-refractivity contribution is -0.385. The van der Waals surface area contributed by atoms with Gasteiger partial charge in [0.2, 0.25) is 0 Å². The highest BCUT2D eigenvalue weighted by Crippen LogP contribution is 2.26. The number of amides is 2. The molecule has 0 saturated carbocycles. The highest BCUT2D eigenvalue weighted by Gasteiger charge is 2.25. The van der Waals surface area contributed by atoms with Crippen molar-refractivity contribution in [3.05, 3.63) is 27.9 Å². The third kappa shape index (κ3) is 3.59. The zero-order chi connectivity index (χ0) is 15.4. The van der Waals surface area contributed by atoms with E-state index >= 15 is 0 Å². The first-order valence-electron chi connectivity index (χ1n) is 6.91. The summed E-state index contributed by atoms with van der Waals surface area (Å²) in [4.78, 5) is 27.7. The third-order valence-corrected chi connectivity index (χ3v) is 3.67. The molecule has 0 aliphatic carbocycles. The average molecular weight is 293 g/mol. The van der Waals surface area contributed by atoms with E-state index in [4.69, 9.17) is 5.73 Å². The van der Waals surface area contributed by atoms with Gasteiger partial charge in [0.25, 0.3) is 5.69 Å². The van der Waals surface area contributed by atoms with Gasteiger partial charge in [-0.25, -0.2) is 9.78 Å². The van der Waals surface area contributed by atoms with E-state index in [-0.39, 0.29) is 11.7 Å². The number of anilines is 1. The minimum atomic E-state index is -0.548. The molecule has 8 nitrogen and oxygen atoms in total. The minimum absolute atomic E-state index is 0.0163. The number of primary amides is 1. The lowest BCUT2D eigenvalue weighted by atomic mass is 10.0. The summed E-state index contributed by atoms with van der Waals surface area (Å²) in [5.74, 6) is 0.703. The van der Waals surface area contributed by atoms with Gasteiger partial charge in [0.05, 0.1) is 4.92 Å². The monoisotopic (exact) mass is 293 g/mol. The molecule has 1 saturated heterocycles. The van der Waals surface area contributed by atoms with Crippen LogP contribution in [0, 0.1) is 17.0 Å². The van der Waals surface area contributed by atoms with Gasteiger partial charge < -0.3 is 16.0 Å². The molecule has 3 N–H and O–H groups in total. The Morgan fingerprint density at radius 2 is 2.33 bits per heavy atom. The number of aryl methyl sites for hydroxylation is 1. The Kier molecular flexibility index (Phi) is 4.56. The van der Waals surface area contributed by atoms with Crippen LogP contribution in [0.1, 0.15) is 25.0 Å². The largest absolute Gasteiger partial charge is 0.352 e. The number of hydrogen-bond donors (Lipinski definition) is 2. The van der Waals surface area contributed by atoms with Crippen LogP contribution in [0.4, 0.5) is 16.3 Å². The Morgan fingerprint density at radius 3 is 2.95 bits per heavy atom. The number of piperidine rings is 1. The summed E-state index contributed by atoms with van der Waals surface area (Å²) in [6, 6.07) is 2.70. The van der Waals surface area contributed by atoms with Gasteiger partial charge in [-0.1, -0.05) is 0 Å². The van der Waals surface area contributed by atoms with E-state index in [1.807, 2.05) is 0 Å². The van der Waals surface area contributed by atoms with Crippen molar-refractivity contribution in [3.63, 3.8) is 0 Å². The molecule has 1 atom stereocenters. The Hall–Kier alpha value is -2.38. The molecule has 1 fully saturated rings.